The monoisotopic (exact) mass is 217 g/mol. The molecule has 0 aliphatic carbocycles. The summed E-state index contributed by atoms with van der Waals surface area (Å²) >= 11 is 0. The fourth-order valence-electron chi connectivity index (χ4n) is 1.43. The minimum Gasteiger partial charge on any atom is -0.288 e. The third-order valence-corrected chi connectivity index (χ3v) is 2.30. The summed E-state index contributed by atoms with van der Waals surface area (Å²) in [6.45, 7) is 10.1. The first-order chi connectivity index (χ1) is 7.71. The average Bonchev–Trinajstić information content (AvgIpc) is 2.31. The lowest BCUT2D eigenvalue weighted by Gasteiger charge is -2.07. The second-order valence-electron chi connectivity index (χ2n) is 3.60. The van der Waals surface area contributed by atoms with Gasteiger partial charge in [-0.05, 0) is 31.4 Å². The Hall–Kier alpha value is -1.37. The molecule has 16 heavy (non-hydrogen) atoms. The summed E-state index contributed by atoms with van der Waals surface area (Å²) in [5.74, 6) is 0. The minimum absolute atomic E-state index is 1.03. The van der Waals surface area contributed by atoms with Gasteiger partial charge in [-0.3, -0.25) is 4.99 Å². The van der Waals surface area contributed by atoms with Crippen molar-refractivity contribution in [1.82, 2.24) is 0 Å². The molecule has 0 aromatic heterocycles. The number of allylic oxidation sites excluding steroid dienone is 7. The van der Waals surface area contributed by atoms with E-state index < -0.39 is 0 Å². The third-order valence-electron chi connectivity index (χ3n) is 2.30. The van der Waals surface area contributed by atoms with E-state index in [1.165, 1.54) is 5.57 Å². The van der Waals surface area contributed by atoms with Crippen LogP contribution in [0.25, 0.3) is 0 Å². The van der Waals surface area contributed by atoms with Gasteiger partial charge >= 0.3 is 0 Å². The van der Waals surface area contributed by atoms with Gasteiger partial charge in [-0.2, -0.15) is 0 Å². The maximum atomic E-state index is 4.34. The SMILES string of the molecule is C=CC(=C\C=C/C)/C(=N/C)C(/C)=C\CCC. The second kappa shape index (κ2) is 8.90. The van der Waals surface area contributed by atoms with E-state index in [1.807, 2.05) is 38.3 Å². The molecule has 88 valence electrons. The van der Waals surface area contributed by atoms with Gasteiger partial charge in [0.15, 0.2) is 0 Å². The molecule has 1 nitrogen and oxygen atoms in total. The zero-order valence-corrected chi connectivity index (χ0v) is 11.0. The summed E-state index contributed by atoms with van der Waals surface area (Å²) in [5.41, 5.74) is 3.33. The van der Waals surface area contributed by atoms with Gasteiger partial charge < -0.3 is 0 Å². The molecule has 0 aromatic rings. The number of hydrogen-bond acceptors (Lipinski definition) is 1. The molecule has 0 spiro atoms. The van der Waals surface area contributed by atoms with Crippen molar-refractivity contribution in [2.24, 2.45) is 4.99 Å². The third kappa shape index (κ3) is 4.92. The molecule has 0 radical (unpaired) electrons. The van der Waals surface area contributed by atoms with E-state index in [2.05, 4.69) is 31.5 Å². The fraction of sp³-hybridized carbons (Fsp3) is 0.400. The highest BCUT2D eigenvalue weighted by atomic mass is 14.7. The largest absolute Gasteiger partial charge is 0.288 e. The summed E-state index contributed by atoms with van der Waals surface area (Å²) < 4.78 is 0. The van der Waals surface area contributed by atoms with Crippen LogP contribution < -0.4 is 0 Å². The van der Waals surface area contributed by atoms with Crippen molar-refractivity contribution < 1.29 is 0 Å². The summed E-state index contributed by atoms with van der Waals surface area (Å²) in [4.78, 5) is 4.34. The van der Waals surface area contributed by atoms with Gasteiger partial charge in [0.2, 0.25) is 0 Å². The first-order valence-electron chi connectivity index (χ1n) is 5.80. The normalized spacial score (nSPS) is 14.6. The fourth-order valence-corrected chi connectivity index (χ4v) is 1.43. The van der Waals surface area contributed by atoms with Crippen LogP contribution in [-0.4, -0.2) is 12.8 Å². The van der Waals surface area contributed by atoms with Crippen molar-refractivity contribution in [3.63, 3.8) is 0 Å². The lowest BCUT2D eigenvalue weighted by molar-refractivity contribution is 0.953. The van der Waals surface area contributed by atoms with E-state index in [1.54, 1.807) is 0 Å². The van der Waals surface area contributed by atoms with E-state index >= 15 is 0 Å². The molecule has 0 amide bonds. The lowest BCUT2D eigenvalue weighted by atomic mass is 10.0. The predicted octanol–water partition coefficient (Wildman–Crippen LogP) is 4.49. The molecule has 0 aliphatic rings. The van der Waals surface area contributed by atoms with Gasteiger partial charge in [0.05, 0.1) is 5.71 Å². The van der Waals surface area contributed by atoms with Crippen LogP contribution in [-0.2, 0) is 0 Å². The van der Waals surface area contributed by atoms with E-state index in [0.717, 1.165) is 24.1 Å². The molecular weight excluding hydrogens is 194 g/mol. The zero-order valence-electron chi connectivity index (χ0n) is 11.0. The maximum absolute atomic E-state index is 4.34. The van der Waals surface area contributed by atoms with Crippen molar-refractivity contribution in [2.45, 2.75) is 33.6 Å². The first-order valence-corrected chi connectivity index (χ1v) is 5.80. The van der Waals surface area contributed by atoms with E-state index in [9.17, 15) is 0 Å². The van der Waals surface area contributed by atoms with Crippen LogP contribution in [0.5, 0.6) is 0 Å². The summed E-state index contributed by atoms with van der Waals surface area (Å²) in [6.07, 6.45) is 12.4. The number of aliphatic imine (C=N–C) groups is 1. The van der Waals surface area contributed by atoms with Crippen LogP contribution in [0.2, 0.25) is 0 Å². The highest BCUT2D eigenvalue weighted by molar-refractivity contribution is 6.13. The molecule has 0 aliphatic heterocycles. The molecule has 0 saturated heterocycles. The highest BCUT2D eigenvalue weighted by Gasteiger charge is 2.03. The van der Waals surface area contributed by atoms with Crippen molar-refractivity contribution in [3.05, 3.63) is 48.1 Å². The van der Waals surface area contributed by atoms with Crippen LogP contribution in [0.1, 0.15) is 33.6 Å². The number of unbranched alkanes of at least 4 members (excludes halogenated alkanes) is 1. The molecule has 0 atom stereocenters. The lowest BCUT2D eigenvalue weighted by Crippen LogP contribution is -2.03. The van der Waals surface area contributed by atoms with Gasteiger partial charge in [-0.1, -0.05) is 50.3 Å². The Labute approximate surface area is 100.0 Å². The highest BCUT2D eigenvalue weighted by Crippen LogP contribution is 2.11. The summed E-state index contributed by atoms with van der Waals surface area (Å²) in [7, 11) is 1.83. The molecular formula is C15H23N. The van der Waals surface area contributed by atoms with Crippen molar-refractivity contribution in [3.8, 4) is 0 Å². The Morgan fingerprint density at radius 3 is 2.50 bits per heavy atom. The van der Waals surface area contributed by atoms with Crippen molar-refractivity contribution >= 4 is 5.71 Å². The second-order valence-corrected chi connectivity index (χ2v) is 3.60. The van der Waals surface area contributed by atoms with Gasteiger partial charge in [-0.25, -0.2) is 0 Å². The van der Waals surface area contributed by atoms with Crippen molar-refractivity contribution in [2.75, 3.05) is 7.05 Å². The van der Waals surface area contributed by atoms with Crippen LogP contribution in [0.3, 0.4) is 0 Å². The number of hydrogen-bond donors (Lipinski definition) is 0. The first kappa shape index (κ1) is 14.6. The molecule has 0 aromatic carbocycles. The zero-order chi connectivity index (χ0) is 12.4. The Kier molecular flexibility index (Phi) is 8.14. The number of nitrogens with zero attached hydrogens (tertiary/aromatic N) is 1. The quantitative estimate of drug-likeness (QED) is 0.459. The summed E-state index contributed by atoms with van der Waals surface area (Å²) in [6, 6.07) is 0. The molecule has 0 unspecified atom stereocenters. The minimum atomic E-state index is 1.03. The maximum Gasteiger partial charge on any atom is 0.0668 e. The Morgan fingerprint density at radius 1 is 1.38 bits per heavy atom. The topological polar surface area (TPSA) is 12.4 Å². The van der Waals surface area contributed by atoms with E-state index in [-0.39, 0.29) is 0 Å². The Balaban J connectivity index is 5.05. The van der Waals surface area contributed by atoms with Gasteiger partial charge in [0, 0.05) is 7.05 Å². The molecule has 0 N–H and O–H groups in total. The van der Waals surface area contributed by atoms with E-state index in [0.29, 0.717) is 0 Å². The van der Waals surface area contributed by atoms with Crippen LogP contribution >= 0.6 is 0 Å². The molecule has 1 heteroatoms. The Bertz CT molecular complexity index is 327. The van der Waals surface area contributed by atoms with Gasteiger partial charge in [-0.15, -0.1) is 0 Å². The standard InChI is InChI=1S/C15H23N/c1-6-9-11-13(4)15(16-5)14(8-3)12-10-7-2/h7-8,10-12H,3,6,9H2,1-2,4-5H3/b10-7-,13-11-,14-12+,16-15+. The summed E-state index contributed by atoms with van der Waals surface area (Å²) in [5, 5.41) is 0. The molecule has 0 heterocycles. The molecule has 0 fully saturated rings. The van der Waals surface area contributed by atoms with Gasteiger partial charge in [0.1, 0.15) is 0 Å². The molecule has 0 bridgehead atoms. The van der Waals surface area contributed by atoms with Crippen LogP contribution in [0.4, 0.5) is 0 Å². The smallest absolute Gasteiger partial charge is 0.0668 e. The van der Waals surface area contributed by atoms with Gasteiger partial charge in [0.25, 0.3) is 0 Å². The van der Waals surface area contributed by atoms with E-state index in [4.69, 9.17) is 0 Å². The average molecular weight is 217 g/mol. The molecule has 0 saturated carbocycles. The van der Waals surface area contributed by atoms with Crippen molar-refractivity contribution in [1.29, 1.82) is 0 Å². The van der Waals surface area contributed by atoms with Crippen LogP contribution in [0.15, 0.2) is 53.1 Å². The number of rotatable bonds is 6. The predicted molar refractivity (Wildman–Crippen MR) is 75.1 cm³/mol. The van der Waals surface area contributed by atoms with Crippen LogP contribution in [0, 0.1) is 0 Å². The molecule has 0 rings (SSSR count). The Morgan fingerprint density at radius 2 is 2.06 bits per heavy atom.